The molecule has 0 spiro atoms. The topological polar surface area (TPSA) is 242 Å². The van der Waals surface area contributed by atoms with Crippen LogP contribution in [0.25, 0.3) is 0 Å². The molecular weight excluding hydrogens is 437 g/mol. The zero-order chi connectivity index (χ0) is 23.4. The molecule has 0 fully saturated rings. The summed E-state index contributed by atoms with van der Waals surface area (Å²) in [7, 11) is -12.1. The van der Waals surface area contributed by atoms with Crippen LogP contribution in [0.2, 0.25) is 0 Å². The maximum absolute atomic E-state index is 12.3. The van der Waals surface area contributed by atoms with Crippen LogP contribution in [0, 0.1) is 5.41 Å². The van der Waals surface area contributed by atoms with Crippen LogP contribution in [-0.2, 0) is 18.5 Å². The highest BCUT2D eigenvalue weighted by molar-refractivity contribution is 7.72. The van der Waals surface area contributed by atoms with Gasteiger partial charge in [-0.05, 0) is 13.5 Å². The molecule has 0 atom stereocenters. The Bertz CT molecular complexity index is 547. The molecule has 0 heterocycles. The van der Waals surface area contributed by atoms with Gasteiger partial charge in [0, 0.05) is 16.4 Å². The van der Waals surface area contributed by atoms with Gasteiger partial charge in [-0.25, -0.2) is 0 Å². The van der Waals surface area contributed by atoms with Gasteiger partial charge in [0.05, 0.1) is 0 Å². The summed E-state index contributed by atoms with van der Waals surface area (Å²) in [6.07, 6.45) is 3.09. The summed E-state index contributed by atoms with van der Waals surface area (Å²) < 4.78 is 31.5. The molecule has 0 unspecified atom stereocenters. The van der Waals surface area contributed by atoms with E-state index in [2.05, 4.69) is 5.73 Å². The van der Waals surface area contributed by atoms with Crippen molar-refractivity contribution in [2.75, 3.05) is 7.05 Å². The maximum atomic E-state index is 12.3. The first-order valence-corrected chi connectivity index (χ1v) is 12.7. The minimum Gasteiger partial charge on any atom is -0.333 e. The fourth-order valence-corrected chi connectivity index (χ4v) is 4.04. The third-order valence-electron chi connectivity index (χ3n) is 3.84. The van der Waals surface area contributed by atoms with Crippen LogP contribution >= 0.6 is 23.4 Å². The van der Waals surface area contributed by atoms with Crippen LogP contribution in [-0.4, -0.2) is 47.2 Å². The van der Waals surface area contributed by atoms with Crippen molar-refractivity contribution in [1.82, 2.24) is 0 Å². The zero-order valence-corrected chi connectivity index (χ0v) is 19.2. The van der Waals surface area contributed by atoms with Crippen LogP contribution in [0.15, 0.2) is 0 Å². The first-order chi connectivity index (χ1) is 12.4. The summed E-state index contributed by atoms with van der Waals surface area (Å²) >= 11 is 0. The minimum absolute atomic E-state index is 0.463. The molecule has 0 aromatic carbocycles. The number of ketones is 1. The Kier molecular flexibility index (Phi) is 16.3. The van der Waals surface area contributed by atoms with Gasteiger partial charge in [0.1, 0.15) is 5.78 Å². The van der Waals surface area contributed by atoms with Crippen molar-refractivity contribution in [2.24, 2.45) is 16.9 Å². The quantitative estimate of drug-likeness (QED) is 0.165. The van der Waals surface area contributed by atoms with Crippen molar-refractivity contribution in [3.63, 3.8) is 0 Å². The number of unbranched alkanes of at least 4 members (excludes halogenated alkanes) is 3. The molecule has 28 heavy (non-hydrogen) atoms. The number of nitrogens with two attached hydrogens (primary N) is 2. The van der Waals surface area contributed by atoms with Gasteiger partial charge in [0.25, 0.3) is 0 Å². The normalized spacial score (nSPS) is 12.3. The van der Waals surface area contributed by atoms with Crippen LogP contribution in [0.1, 0.15) is 59.3 Å². The minimum atomic E-state index is -5.38. The lowest BCUT2D eigenvalue weighted by molar-refractivity contribution is -0.128. The molecule has 0 radical (unpaired) electrons. The molecule has 0 rings (SSSR count). The predicted molar refractivity (Wildman–Crippen MR) is 105 cm³/mol. The van der Waals surface area contributed by atoms with Gasteiger partial charge in [0.15, 0.2) is 0 Å². The van der Waals surface area contributed by atoms with E-state index in [0.717, 1.165) is 25.7 Å². The van der Waals surface area contributed by atoms with E-state index in [0.29, 0.717) is 6.42 Å². The zero-order valence-electron chi connectivity index (χ0n) is 16.6. The Balaban J connectivity index is -0.000000916. The van der Waals surface area contributed by atoms with Gasteiger partial charge in [-0.2, -0.15) is 0 Å². The predicted octanol–water partition coefficient (Wildman–Crippen LogP) is 1.11. The van der Waals surface area contributed by atoms with Crippen molar-refractivity contribution in [3.05, 3.63) is 0 Å². The molecule has 0 bridgehead atoms. The molecule has 0 amide bonds. The molecular formula is C13H34N2O10P3+. The van der Waals surface area contributed by atoms with Crippen LogP contribution in [0.4, 0.5) is 0 Å². The number of carbonyl (C=O) groups excluding carboxylic acids is 1. The summed E-state index contributed by atoms with van der Waals surface area (Å²) in [4.78, 5) is 63.2. The average molecular weight is 471 g/mol. The number of hydrogen-bond donors (Lipinski definition) is 8. The molecule has 0 aliphatic rings. The highest BCUT2D eigenvalue weighted by Crippen LogP contribution is 2.67. The number of Topliss-reactive ketones (excluding diaryl/α,β-unsaturated/α-hetero) is 1. The summed E-state index contributed by atoms with van der Waals surface area (Å²) in [5.41, 5.74) is 8.82. The van der Waals surface area contributed by atoms with Crippen molar-refractivity contribution in [1.29, 1.82) is 0 Å². The van der Waals surface area contributed by atoms with Crippen LogP contribution in [0.5, 0.6) is 0 Å². The molecule has 10 N–H and O–H groups in total. The van der Waals surface area contributed by atoms with Crippen molar-refractivity contribution >= 4 is 29.2 Å². The fourth-order valence-electron chi connectivity index (χ4n) is 1.98. The lowest BCUT2D eigenvalue weighted by Crippen LogP contribution is -2.44. The molecule has 0 aliphatic heterocycles. The Labute approximate surface area is 166 Å². The Morgan fingerprint density at radius 1 is 0.964 bits per heavy atom. The number of carbonyl (C=O) groups is 1. The highest BCUT2D eigenvalue weighted by Gasteiger charge is 2.59. The summed E-state index contributed by atoms with van der Waals surface area (Å²) in [6, 6.07) is 0. The lowest BCUT2D eigenvalue weighted by atomic mass is 9.81. The third-order valence-corrected chi connectivity index (χ3v) is 7.74. The standard InChI is InChI=1S/C12H27NO7P2.CH5N.HO3P/c1-4-5-6-7-8-11(2,3)10(14)9-12(13,21(15,16)17)22(18,19)20;1-2;1-4(2)3/h4-9,13H2,1-3H3,(H2,15,16,17)(H2,18,19,20);2H2,1H3;(H-,1,2,3)/p+1. The van der Waals surface area contributed by atoms with Gasteiger partial charge in [-0.15, -0.1) is 9.79 Å². The Hall–Kier alpha value is -0.0900. The number of hydrogen-bond acceptors (Lipinski definition) is 6. The third kappa shape index (κ3) is 12.5. The second-order valence-electron chi connectivity index (χ2n) is 6.51. The maximum Gasteiger partial charge on any atom is 0.692 e. The molecule has 0 saturated carbocycles. The SMILES string of the molecule is CCCCCCC(C)(C)C(=O)CC(N)(P(=O)(O)O)P(=O)(O)O.CN.O=[P+](O)O. The monoisotopic (exact) mass is 471 g/mol. The van der Waals surface area contributed by atoms with E-state index >= 15 is 0 Å². The molecule has 12 nitrogen and oxygen atoms in total. The first kappa shape index (κ1) is 32.6. The molecule has 0 aromatic rings. The molecule has 170 valence electrons. The second-order valence-corrected chi connectivity index (χ2v) is 11.1. The van der Waals surface area contributed by atoms with E-state index in [-0.39, 0.29) is 0 Å². The Morgan fingerprint density at radius 3 is 1.61 bits per heavy atom. The molecule has 0 aromatic heterocycles. The van der Waals surface area contributed by atoms with Gasteiger partial charge < -0.3 is 31.0 Å². The summed E-state index contributed by atoms with van der Waals surface area (Å²) in [5.74, 6) is -0.668. The van der Waals surface area contributed by atoms with Crippen LogP contribution in [0.3, 0.4) is 0 Å². The lowest BCUT2D eigenvalue weighted by Gasteiger charge is -2.33. The van der Waals surface area contributed by atoms with E-state index in [9.17, 15) is 33.5 Å². The largest absolute Gasteiger partial charge is 0.692 e. The van der Waals surface area contributed by atoms with E-state index in [1.807, 2.05) is 6.92 Å². The molecule has 15 heteroatoms. The highest BCUT2D eigenvalue weighted by atomic mass is 31.2. The van der Waals surface area contributed by atoms with Gasteiger partial charge in [-0.1, -0.05) is 46.5 Å². The van der Waals surface area contributed by atoms with Crippen molar-refractivity contribution in [3.8, 4) is 0 Å². The van der Waals surface area contributed by atoms with Gasteiger partial charge in [0.2, 0.25) is 5.02 Å². The molecule has 0 aliphatic carbocycles. The average Bonchev–Trinajstić information content (AvgIpc) is 2.50. The molecule has 0 saturated heterocycles. The van der Waals surface area contributed by atoms with E-state index < -0.39 is 46.1 Å². The summed E-state index contributed by atoms with van der Waals surface area (Å²) in [6.45, 7) is 5.21. The van der Waals surface area contributed by atoms with Crippen molar-refractivity contribution in [2.45, 2.75) is 64.3 Å². The van der Waals surface area contributed by atoms with E-state index in [1.54, 1.807) is 13.8 Å². The van der Waals surface area contributed by atoms with Gasteiger partial charge >= 0.3 is 23.4 Å². The van der Waals surface area contributed by atoms with Crippen LogP contribution < -0.4 is 11.5 Å². The van der Waals surface area contributed by atoms with Gasteiger partial charge in [-0.3, -0.25) is 13.9 Å². The van der Waals surface area contributed by atoms with Crippen molar-refractivity contribution < 1.29 is 47.9 Å². The second kappa shape index (κ2) is 14.0. The van der Waals surface area contributed by atoms with E-state index in [1.165, 1.54) is 7.05 Å². The van der Waals surface area contributed by atoms with E-state index in [4.69, 9.17) is 20.1 Å². The fraction of sp³-hybridized carbons (Fsp3) is 0.923. The number of rotatable bonds is 10. The first-order valence-electron chi connectivity index (χ1n) is 8.28. The summed E-state index contributed by atoms with van der Waals surface area (Å²) in [5, 5.41) is -3.17. The smallest absolute Gasteiger partial charge is 0.333 e. The Morgan fingerprint density at radius 2 is 1.32 bits per heavy atom.